The second kappa shape index (κ2) is 8.24. The molecule has 0 aromatic carbocycles. The lowest BCUT2D eigenvalue weighted by Crippen LogP contribution is -2.54. The number of nitrogens with zero attached hydrogens (tertiary/aromatic N) is 4. The summed E-state index contributed by atoms with van der Waals surface area (Å²) in [5.74, 6) is 0.267. The first kappa shape index (κ1) is 18.9. The maximum absolute atomic E-state index is 12.2. The summed E-state index contributed by atoms with van der Waals surface area (Å²) in [7, 11) is 1.68. The van der Waals surface area contributed by atoms with E-state index in [1.807, 2.05) is 15.5 Å². The molecule has 0 N–H and O–H groups in total. The molecule has 6 heteroatoms. The molecule has 26 heavy (non-hydrogen) atoms. The minimum atomic E-state index is 0.214. The summed E-state index contributed by atoms with van der Waals surface area (Å²) in [4.78, 5) is 16.7. The molecule has 3 heterocycles. The van der Waals surface area contributed by atoms with Crippen LogP contribution in [0, 0.1) is 16.7 Å². The Morgan fingerprint density at radius 2 is 2.19 bits per heavy atom. The number of aromatic nitrogens is 1. The third-order valence-electron chi connectivity index (χ3n) is 5.87. The highest BCUT2D eigenvalue weighted by Crippen LogP contribution is 2.39. The van der Waals surface area contributed by atoms with Crippen LogP contribution in [0.25, 0.3) is 0 Å². The molecule has 3 rings (SSSR count). The first-order valence-electron chi connectivity index (χ1n) is 9.67. The summed E-state index contributed by atoms with van der Waals surface area (Å²) in [5.41, 5.74) is 2.16. The number of methoxy groups -OCH3 is 1. The van der Waals surface area contributed by atoms with E-state index in [2.05, 4.69) is 24.1 Å². The molecule has 1 amide bonds. The van der Waals surface area contributed by atoms with Crippen LogP contribution in [-0.2, 0) is 22.6 Å². The van der Waals surface area contributed by atoms with E-state index in [9.17, 15) is 10.1 Å². The lowest BCUT2D eigenvalue weighted by molar-refractivity contribution is -0.140. The Morgan fingerprint density at radius 3 is 2.88 bits per heavy atom. The molecule has 1 aromatic rings. The maximum Gasteiger partial charge on any atom is 0.222 e. The molecule has 1 aromatic heterocycles. The van der Waals surface area contributed by atoms with Gasteiger partial charge in [-0.1, -0.05) is 0 Å². The van der Waals surface area contributed by atoms with Gasteiger partial charge in [0.2, 0.25) is 5.91 Å². The number of hydrogen-bond donors (Lipinski definition) is 0. The summed E-state index contributed by atoms with van der Waals surface area (Å²) >= 11 is 0. The van der Waals surface area contributed by atoms with E-state index in [4.69, 9.17) is 4.74 Å². The minimum absolute atomic E-state index is 0.214. The molecular formula is C20H30N4O2. The van der Waals surface area contributed by atoms with Gasteiger partial charge in [0.25, 0.3) is 0 Å². The number of likely N-dealkylation sites (tertiary alicyclic amines) is 2. The van der Waals surface area contributed by atoms with Crippen LogP contribution >= 0.6 is 0 Å². The number of carbonyl (C=O) groups excluding carboxylic acids is 1. The Morgan fingerprint density at radius 1 is 1.35 bits per heavy atom. The second-order valence-electron chi connectivity index (χ2n) is 7.75. The zero-order valence-electron chi connectivity index (χ0n) is 16.0. The molecule has 2 fully saturated rings. The summed E-state index contributed by atoms with van der Waals surface area (Å²) < 4.78 is 7.19. The molecule has 2 aliphatic heterocycles. The normalized spacial score (nSPS) is 24.2. The summed E-state index contributed by atoms with van der Waals surface area (Å²) in [6.07, 6.45) is 6.12. The van der Waals surface area contributed by atoms with Crippen molar-refractivity contribution >= 4 is 5.91 Å². The van der Waals surface area contributed by atoms with Gasteiger partial charge in [0.15, 0.2) is 0 Å². The van der Waals surface area contributed by atoms with Crippen molar-refractivity contribution in [2.24, 2.45) is 5.41 Å². The van der Waals surface area contributed by atoms with E-state index >= 15 is 0 Å². The predicted molar refractivity (Wildman–Crippen MR) is 99.5 cm³/mol. The van der Waals surface area contributed by atoms with Crippen molar-refractivity contribution in [1.82, 2.24) is 14.4 Å². The highest BCUT2D eigenvalue weighted by atomic mass is 16.5. The van der Waals surface area contributed by atoms with Crippen LogP contribution in [0.2, 0.25) is 0 Å². The SMILES string of the molecule is CCn1cc(CN2CCC[C@]3(CCC(=O)N(CCOC)C3)C2)cc1C#N. The van der Waals surface area contributed by atoms with E-state index in [0.29, 0.717) is 19.6 Å². The number of ether oxygens (including phenoxy) is 1. The van der Waals surface area contributed by atoms with Gasteiger partial charge < -0.3 is 14.2 Å². The largest absolute Gasteiger partial charge is 0.383 e. The van der Waals surface area contributed by atoms with Crippen LogP contribution in [0.5, 0.6) is 0 Å². The van der Waals surface area contributed by atoms with Crippen LogP contribution in [-0.4, -0.2) is 60.2 Å². The lowest BCUT2D eigenvalue weighted by Gasteiger charge is -2.48. The number of aryl methyl sites for hydroxylation is 1. The first-order chi connectivity index (χ1) is 12.6. The fraction of sp³-hybridized carbons (Fsp3) is 0.700. The van der Waals surface area contributed by atoms with E-state index in [0.717, 1.165) is 44.8 Å². The molecule has 0 saturated carbocycles. The highest BCUT2D eigenvalue weighted by Gasteiger charge is 2.41. The minimum Gasteiger partial charge on any atom is -0.383 e. The molecule has 0 unspecified atom stereocenters. The van der Waals surface area contributed by atoms with Crippen molar-refractivity contribution in [2.45, 2.75) is 45.7 Å². The van der Waals surface area contributed by atoms with Crippen LogP contribution in [0.3, 0.4) is 0 Å². The van der Waals surface area contributed by atoms with Gasteiger partial charge in [0.1, 0.15) is 11.8 Å². The van der Waals surface area contributed by atoms with E-state index in [1.165, 1.54) is 18.4 Å². The predicted octanol–water partition coefficient (Wildman–Crippen LogP) is 2.23. The summed E-state index contributed by atoms with van der Waals surface area (Å²) in [5, 5.41) is 9.26. The molecular weight excluding hydrogens is 328 g/mol. The van der Waals surface area contributed by atoms with Crippen molar-refractivity contribution in [1.29, 1.82) is 5.26 Å². The van der Waals surface area contributed by atoms with E-state index < -0.39 is 0 Å². The molecule has 2 saturated heterocycles. The van der Waals surface area contributed by atoms with Crippen LogP contribution in [0.1, 0.15) is 43.9 Å². The number of piperidine rings is 2. The zero-order chi connectivity index (χ0) is 18.6. The molecule has 0 radical (unpaired) electrons. The average Bonchev–Trinajstić information content (AvgIpc) is 3.05. The summed E-state index contributed by atoms with van der Waals surface area (Å²) in [6, 6.07) is 4.29. The van der Waals surface area contributed by atoms with Gasteiger partial charge >= 0.3 is 0 Å². The smallest absolute Gasteiger partial charge is 0.222 e. The van der Waals surface area contributed by atoms with Crippen LogP contribution in [0.15, 0.2) is 12.3 Å². The second-order valence-corrected chi connectivity index (χ2v) is 7.75. The van der Waals surface area contributed by atoms with Crippen molar-refractivity contribution < 1.29 is 9.53 Å². The molecule has 142 valence electrons. The number of rotatable bonds is 6. The number of carbonyl (C=O) groups is 1. The van der Waals surface area contributed by atoms with Gasteiger partial charge in [-0.15, -0.1) is 0 Å². The van der Waals surface area contributed by atoms with Crippen molar-refractivity contribution in [2.75, 3.05) is 39.9 Å². The van der Waals surface area contributed by atoms with Gasteiger partial charge in [-0.3, -0.25) is 9.69 Å². The van der Waals surface area contributed by atoms with Gasteiger partial charge in [-0.25, -0.2) is 0 Å². The third kappa shape index (κ3) is 4.11. The fourth-order valence-corrected chi connectivity index (χ4v) is 4.55. The topological polar surface area (TPSA) is 61.5 Å². The Bertz CT molecular complexity index is 678. The van der Waals surface area contributed by atoms with E-state index in [-0.39, 0.29) is 11.3 Å². The van der Waals surface area contributed by atoms with Gasteiger partial charge in [0.05, 0.1) is 6.61 Å². The first-order valence-corrected chi connectivity index (χ1v) is 9.67. The average molecular weight is 358 g/mol. The van der Waals surface area contributed by atoms with Gasteiger partial charge in [-0.2, -0.15) is 5.26 Å². The lowest BCUT2D eigenvalue weighted by atomic mass is 9.73. The quantitative estimate of drug-likeness (QED) is 0.782. The molecule has 6 nitrogen and oxygen atoms in total. The molecule has 0 aliphatic carbocycles. The number of nitriles is 1. The Balaban J connectivity index is 1.66. The number of hydrogen-bond acceptors (Lipinski definition) is 4. The fourth-order valence-electron chi connectivity index (χ4n) is 4.55. The Labute approximate surface area is 156 Å². The Hall–Kier alpha value is -1.84. The number of amides is 1. The molecule has 1 atom stereocenters. The molecule has 1 spiro atoms. The standard InChI is InChI=1S/C20H30N4O2/c1-3-23-14-17(11-18(23)12-21)13-22-8-4-6-20(15-22)7-5-19(25)24(16-20)9-10-26-2/h11,14H,3-10,13,15-16H2,1-2H3/t20-/m0/s1. The zero-order valence-corrected chi connectivity index (χ0v) is 16.0. The maximum atomic E-state index is 12.2. The molecule has 2 aliphatic rings. The third-order valence-corrected chi connectivity index (χ3v) is 5.87. The van der Waals surface area contributed by atoms with Crippen molar-refractivity contribution in [3.63, 3.8) is 0 Å². The highest BCUT2D eigenvalue weighted by molar-refractivity contribution is 5.77. The van der Waals surface area contributed by atoms with Crippen LogP contribution < -0.4 is 0 Å². The molecule has 0 bridgehead atoms. The van der Waals surface area contributed by atoms with Gasteiger partial charge in [-0.05, 0) is 44.4 Å². The van der Waals surface area contributed by atoms with Gasteiger partial charge in [0, 0.05) is 57.9 Å². The monoisotopic (exact) mass is 358 g/mol. The van der Waals surface area contributed by atoms with Crippen molar-refractivity contribution in [3.8, 4) is 6.07 Å². The van der Waals surface area contributed by atoms with Crippen LogP contribution in [0.4, 0.5) is 0 Å². The summed E-state index contributed by atoms with van der Waals surface area (Å²) in [6.45, 7) is 8.04. The van der Waals surface area contributed by atoms with E-state index in [1.54, 1.807) is 7.11 Å². The Kier molecular flexibility index (Phi) is 6.00. The van der Waals surface area contributed by atoms with Crippen molar-refractivity contribution in [3.05, 3.63) is 23.5 Å².